The van der Waals surface area contributed by atoms with Crippen LogP contribution in [0.15, 0.2) is 73.5 Å². The highest BCUT2D eigenvalue weighted by atomic mass is 16.5. The van der Waals surface area contributed by atoms with Gasteiger partial charge in [0.25, 0.3) is 0 Å². The highest BCUT2D eigenvalue weighted by molar-refractivity contribution is 5.90. The van der Waals surface area contributed by atoms with Crippen LogP contribution in [0.2, 0.25) is 0 Å². The first-order valence-electron chi connectivity index (χ1n) is 14.2. The Hall–Kier alpha value is -5.23. The third-order valence-electron chi connectivity index (χ3n) is 7.67. The maximum atomic E-state index is 12.8. The van der Waals surface area contributed by atoms with Gasteiger partial charge in [0, 0.05) is 68.7 Å². The lowest BCUT2D eigenvalue weighted by Crippen LogP contribution is -2.56. The number of pyridine rings is 2. The molecule has 5 aromatic rings. The van der Waals surface area contributed by atoms with Crippen LogP contribution in [0.5, 0.6) is 17.2 Å². The summed E-state index contributed by atoms with van der Waals surface area (Å²) in [5, 5.41) is 6.44. The van der Waals surface area contributed by atoms with Gasteiger partial charge in [-0.05, 0) is 43.8 Å². The smallest absolute Gasteiger partial charge is 0.246 e. The van der Waals surface area contributed by atoms with Gasteiger partial charge >= 0.3 is 0 Å². The highest BCUT2D eigenvalue weighted by Crippen LogP contribution is 2.36. The molecule has 1 amide bonds. The van der Waals surface area contributed by atoms with E-state index in [0.29, 0.717) is 61.1 Å². The van der Waals surface area contributed by atoms with Crippen LogP contribution in [0.3, 0.4) is 0 Å². The minimum Gasteiger partial charge on any atom is -0.487 e. The molecule has 2 bridgehead atoms. The van der Waals surface area contributed by atoms with Crippen molar-refractivity contribution in [2.75, 3.05) is 50.1 Å². The summed E-state index contributed by atoms with van der Waals surface area (Å²) >= 11 is 0. The number of benzene rings is 1. The van der Waals surface area contributed by atoms with Gasteiger partial charge < -0.3 is 34.3 Å². The minimum absolute atomic E-state index is 0.00395. The van der Waals surface area contributed by atoms with Crippen molar-refractivity contribution < 1.29 is 14.3 Å². The number of nitrogens with zero attached hydrogens (tertiary/aromatic N) is 7. The largest absolute Gasteiger partial charge is 0.487 e. The van der Waals surface area contributed by atoms with Crippen LogP contribution in [0, 0.1) is 6.92 Å². The number of piperazine rings is 1. The normalized spacial score (nSPS) is 16.3. The van der Waals surface area contributed by atoms with Crippen molar-refractivity contribution in [1.82, 2.24) is 34.6 Å². The van der Waals surface area contributed by atoms with Gasteiger partial charge in [-0.2, -0.15) is 0 Å². The van der Waals surface area contributed by atoms with Crippen molar-refractivity contribution in [3.05, 3.63) is 79.0 Å². The lowest BCUT2D eigenvalue weighted by molar-refractivity contribution is -0.129. The van der Waals surface area contributed by atoms with Crippen molar-refractivity contribution >= 4 is 39.9 Å². The van der Waals surface area contributed by atoms with Crippen LogP contribution in [-0.2, 0) is 4.79 Å². The average molecular weight is 578 g/mol. The molecule has 1 aromatic carbocycles. The molecule has 2 aliphatic rings. The molecule has 0 spiro atoms. The SMILES string of the molecule is CNC/C=C/C(=O)N1CCN2CC1COc1cc3ncnc(Nc4ccc(Oc5ccn6ccnc6c5)c(C)c4)c3nc12. The molecule has 7 rings (SSSR count). The lowest BCUT2D eigenvalue weighted by atomic mass is 10.1. The predicted octanol–water partition coefficient (Wildman–Crippen LogP) is 3.70. The molecule has 1 atom stereocenters. The molecule has 218 valence electrons. The van der Waals surface area contributed by atoms with Gasteiger partial charge in [-0.1, -0.05) is 6.08 Å². The number of hydrogen-bond donors (Lipinski definition) is 2. The van der Waals surface area contributed by atoms with E-state index in [-0.39, 0.29) is 11.9 Å². The second-order valence-electron chi connectivity index (χ2n) is 10.6. The predicted molar refractivity (Wildman–Crippen MR) is 163 cm³/mol. The third kappa shape index (κ3) is 5.28. The molecule has 2 N–H and O–H groups in total. The molecule has 0 aliphatic carbocycles. The number of aromatic nitrogens is 5. The maximum absolute atomic E-state index is 12.8. The lowest BCUT2D eigenvalue weighted by Gasteiger charge is -2.39. The van der Waals surface area contributed by atoms with E-state index in [1.165, 1.54) is 6.33 Å². The fourth-order valence-electron chi connectivity index (χ4n) is 5.48. The van der Waals surface area contributed by atoms with Gasteiger partial charge in [-0.3, -0.25) is 4.79 Å². The van der Waals surface area contributed by atoms with Gasteiger partial charge in [0.2, 0.25) is 5.91 Å². The van der Waals surface area contributed by atoms with Crippen LogP contribution in [0.25, 0.3) is 16.7 Å². The zero-order chi connectivity index (χ0) is 29.3. The summed E-state index contributed by atoms with van der Waals surface area (Å²) in [6, 6.07) is 11.5. The Kier molecular flexibility index (Phi) is 6.95. The average Bonchev–Trinajstić information content (AvgIpc) is 3.44. The monoisotopic (exact) mass is 577 g/mol. The summed E-state index contributed by atoms with van der Waals surface area (Å²) < 4.78 is 14.3. The summed E-state index contributed by atoms with van der Waals surface area (Å²) in [5.41, 5.74) is 3.94. The molecular formula is C31H31N9O3. The number of rotatable bonds is 7. The quantitative estimate of drug-likeness (QED) is 0.277. The van der Waals surface area contributed by atoms with E-state index in [4.69, 9.17) is 14.5 Å². The van der Waals surface area contributed by atoms with Crippen LogP contribution in [0.4, 0.5) is 17.3 Å². The summed E-state index contributed by atoms with van der Waals surface area (Å²) in [4.78, 5) is 35.2. The summed E-state index contributed by atoms with van der Waals surface area (Å²) in [6.07, 6.45) is 10.6. The maximum Gasteiger partial charge on any atom is 0.246 e. The van der Waals surface area contributed by atoms with Crippen LogP contribution in [0.1, 0.15) is 5.56 Å². The molecule has 43 heavy (non-hydrogen) atoms. The number of ether oxygens (including phenoxy) is 2. The summed E-state index contributed by atoms with van der Waals surface area (Å²) in [5.74, 6) is 3.45. The number of amides is 1. The number of hydrogen-bond acceptors (Lipinski definition) is 10. The standard InChI is InChI=1S/C31H31N9O3/c1-20-14-21(5-6-25(20)43-23-7-10-38-11-9-33-27(38)15-23)36-30-29-24(34-19-35-30)16-26-31(37-29)39-12-13-40(22(17-39)18-42-26)28(41)4-3-8-32-2/h3-7,9-11,14-16,19,22,32H,8,12-13,17-18H2,1-2H3,(H,34,35,36)/b4-3+. The Balaban J connectivity index is 1.11. The number of aryl methyl sites for hydroxylation is 1. The van der Waals surface area contributed by atoms with Gasteiger partial charge in [-0.25, -0.2) is 19.9 Å². The fraction of sp³-hybridized carbons (Fsp3) is 0.258. The van der Waals surface area contributed by atoms with Crippen molar-refractivity contribution in [3.63, 3.8) is 0 Å². The second kappa shape index (κ2) is 11.2. The first kappa shape index (κ1) is 26.7. The van der Waals surface area contributed by atoms with Crippen LogP contribution < -0.4 is 25.0 Å². The fourth-order valence-corrected chi connectivity index (χ4v) is 5.48. The van der Waals surface area contributed by atoms with Crippen LogP contribution >= 0.6 is 0 Å². The number of carbonyl (C=O) groups is 1. The topological polar surface area (TPSA) is 122 Å². The first-order chi connectivity index (χ1) is 21.1. The molecule has 2 aliphatic heterocycles. The van der Waals surface area contributed by atoms with E-state index in [2.05, 4.69) is 30.5 Å². The number of likely N-dealkylation sites (N-methyl/N-ethyl adjacent to an activating group) is 1. The van der Waals surface area contributed by atoms with Crippen molar-refractivity contribution in [3.8, 4) is 17.2 Å². The molecule has 1 saturated heterocycles. The molecule has 1 unspecified atom stereocenters. The molecular weight excluding hydrogens is 546 g/mol. The highest BCUT2D eigenvalue weighted by Gasteiger charge is 2.35. The van der Waals surface area contributed by atoms with E-state index in [1.54, 1.807) is 12.3 Å². The Morgan fingerprint density at radius 3 is 2.95 bits per heavy atom. The number of nitrogens with one attached hydrogen (secondary N) is 2. The van der Waals surface area contributed by atoms with Crippen LogP contribution in [-0.4, -0.2) is 81.0 Å². The Bertz CT molecular complexity index is 1850. The van der Waals surface area contributed by atoms with Gasteiger partial charge in [-0.15, -0.1) is 0 Å². The number of fused-ring (bicyclic) bond motifs is 6. The van der Waals surface area contributed by atoms with E-state index in [9.17, 15) is 4.79 Å². The third-order valence-corrected chi connectivity index (χ3v) is 7.67. The van der Waals surface area contributed by atoms with Gasteiger partial charge in [0.05, 0.1) is 11.6 Å². The molecule has 6 heterocycles. The van der Waals surface area contributed by atoms with E-state index in [1.807, 2.05) is 78.1 Å². The minimum atomic E-state index is -0.0770. The number of anilines is 3. The van der Waals surface area contributed by atoms with Crippen molar-refractivity contribution in [2.24, 2.45) is 0 Å². The summed E-state index contributed by atoms with van der Waals surface area (Å²) in [7, 11) is 1.85. The van der Waals surface area contributed by atoms with E-state index >= 15 is 0 Å². The molecule has 12 nitrogen and oxygen atoms in total. The van der Waals surface area contributed by atoms with Crippen molar-refractivity contribution in [2.45, 2.75) is 13.0 Å². The molecule has 0 radical (unpaired) electrons. The van der Waals surface area contributed by atoms with E-state index < -0.39 is 0 Å². The van der Waals surface area contributed by atoms with E-state index in [0.717, 1.165) is 28.5 Å². The Morgan fingerprint density at radius 2 is 2.07 bits per heavy atom. The summed E-state index contributed by atoms with van der Waals surface area (Å²) in [6.45, 7) is 4.92. The number of carbonyl (C=O) groups excluding carboxylic acids is 1. The molecule has 0 saturated carbocycles. The van der Waals surface area contributed by atoms with Gasteiger partial charge in [0.15, 0.2) is 17.4 Å². The molecule has 12 heteroatoms. The van der Waals surface area contributed by atoms with Gasteiger partial charge in [0.1, 0.15) is 35.6 Å². The Morgan fingerprint density at radius 1 is 1.14 bits per heavy atom. The first-order valence-corrected chi connectivity index (χ1v) is 14.2. The zero-order valence-electron chi connectivity index (χ0n) is 23.9. The molecule has 1 fully saturated rings. The van der Waals surface area contributed by atoms with Crippen molar-refractivity contribution in [1.29, 1.82) is 0 Å². The Labute approximate surface area is 248 Å². The zero-order valence-corrected chi connectivity index (χ0v) is 23.9. The second-order valence-corrected chi connectivity index (χ2v) is 10.6. The number of imidazole rings is 1. The molecule has 4 aromatic heterocycles.